The van der Waals surface area contributed by atoms with Crippen molar-refractivity contribution in [1.82, 2.24) is 0 Å². The molecule has 4 aromatic carbocycles. The fourth-order valence-corrected chi connectivity index (χ4v) is 8.43. The smallest absolute Gasteiger partial charge is 0.460 e. The first-order chi connectivity index (χ1) is 28.6. The van der Waals surface area contributed by atoms with Crippen molar-refractivity contribution in [2.75, 3.05) is 0 Å². The van der Waals surface area contributed by atoms with Crippen molar-refractivity contribution < 1.29 is 67.4 Å². The van der Waals surface area contributed by atoms with Gasteiger partial charge in [-0.1, -0.05) is 132 Å². The van der Waals surface area contributed by atoms with Gasteiger partial charge < -0.3 is 19.5 Å². The number of phenolic OH excluding ortho intramolecular Hbond substituents is 3. The lowest BCUT2D eigenvalue weighted by Gasteiger charge is -2.33. The van der Waals surface area contributed by atoms with E-state index < -0.39 is 85.1 Å². The molecule has 0 fully saturated rings. The molecule has 1 aliphatic carbocycles. The molecule has 1 aliphatic rings. The number of alkyl halides is 9. The Labute approximate surface area is 368 Å². The molecule has 0 spiro atoms. The molecule has 0 unspecified atom stereocenters. The van der Waals surface area contributed by atoms with E-state index in [-0.39, 0.29) is 52.0 Å². The van der Waals surface area contributed by atoms with Gasteiger partial charge in [-0.3, -0.25) is 0 Å². The van der Waals surface area contributed by atoms with Crippen molar-refractivity contribution >= 4 is 10.1 Å². The molecule has 16 heteroatoms. The van der Waals surface area contributed by atoms with Crippen LogP contribution in [-0.4, -0.2) is 47.0 Å². The molecule has 5 rings (SSSR count). The van der Waals surface area contributed by atoms with E-state index >= 15 is 8.78 Å². The number of rotatable bonds is 5. The Morgan fingerprint density at radius 3 is 0.844 bits per heavy atom. The third-order valence-electron chi connectivity index (χ3n) is 11.7. The van der Waals surface area contributed by atoms with E-state index in [1.54, 1.807) is 45.0 Å². The summed E-state index contributed by atoms with van der Waals surface area (Å²) in [5.74, 6) is -17.1. The van der Waals surface area contributed by atoms with E-state index in [4.69, 9.17) is 4.18 Å². The summed E-state index contributed by atoms with van der Waals surface area (Å²) in [6.45, 7) is 22.2. The predicted octanol–water partition coefficient (Wildman–Crippen LogP) is 12.8. The summed E-state index contributed by atoms with van der Waals surface area (Å²) in [7, 11) is -7.47. The molecule has 0 radical (unpaired) electrons. The summed E-state index contributed by atoms with van der Waals surface area (Å²) < 4.78 is 160. The van der Waals surface area contributed by atoms with Crippen LogP contribution in [0.2, 0.25) is 0 Å². The van der Waals surface area contributed by atoms with E-state index in [1.807, 2.05) is 62.3 Å². The van der Waals surface area contributed by atoms with Gasteiger partial charge in [0.15, 0.2) is 0 Å². The summed E-state index contributed by atoms with van der Waals surface area (Å²) in [4.78, 5) is 0. The standard InChI is InChI=1S/C48H55F9O6S/c1-41(2,3)33-17-25-13-27-19-34(42(4,5)6)21-29(38(27)59)15-31-23-36(44(10,11)12)24-32(40(31)63-64(61,62)48(56,57)46(51,52)45(49,50)47(53,54)55)16-30-22-35(43(7,8)9)20-28(39(30)60)14-26(18-33)37(25)58/h17-24,58-60H,13-16H2,1-12H3. The lowest BCUT2D eigenvalue weighted by atomic mass is 9.79. The summed E-state index contributed by atoms with van der Waals surface area (Å²) in [6.07, 6.45) is -8.68. The van der Waals surface area contributed by atoms with Crippen LogP contribution in [-0.2, 0) is 57.5 Å². The minimum atomic E-state index is -7.58. The summed E-state index contributed by atoms with van der Waals surface area (Å²) >= 11 is 0. The first kappa shape index (κ1) is 50.4. The highest BCUT2D eigenvalue weighted by atomic mass is 32.2. The molecule has 0 aromatic heterocycles. The molecule has 0 heterocycles. The number of aromatic hydroxyl groups is 3. The highest BCUT2D eigenvalue weighted by Crippen LogP contribution is 2.55. The number of hydrogen-bond donors (Lipinski definition) is 3. The number of halogens is 9. The average molecular weight is 931 g/mol. The molecule has 0 atom stereocenters. The van der Waals surface area contributed by atoms with Crippen LogP contribution < -0.4 is 4.18 Å². The molecular weight excluding hydrogens is 876 g/mol. The SMILES string of the molecule is CC(C)(C)c1cc2c(O)c(c1)Cc1cc(C(C)(C)C)cc(c1O)Cc1cc(C(C)(C)C)cc(c1OS(=O)(=O)C(F)(F)C(F)(F)C(F)(F)C(F)(F)F)Cc1cc(C(C)(C)C)cc(c1O)C2. The molecule has 6 nitrogen and oxygen atoms in total. The zero-order chi connectivity index (χ0) is 48.9. The Balaban J connectivity index is 1.96. The molecule has 0 aliphatic heterocycles. The van der Waals surface area contributed by atoms with Gasteiger partial charge in [-0.15, -0.1) is 0 Å². The van der Waals surface area contributed by atoms with Gasteiger partial charge in [-0.05, 0) is 77.3 Å². The highest BCUT2D eigenvalue weighted by Gasteiger charge is 2.86. The predicted molar refractivity (Wildman–Crippen MR) is 227 cm³/mol. The van der Waals surface area contributed by atoms with Crippen LogP contribution in [0.5, 0.6) is 23.0 Å². The lowest BCUT2D eigenvalue weighted by Crippen LogP contribution is -2.63. The molecule has 0 saturated carbocycles. The normalized spacial score (nSPS) is 15.0. The van der Waals surface area contributed by atoms with Crippen LogP contribution in [0.25, 0.3) is 0 Å². The Morgan fingerprint density at radius 1 is 0.406 bits per heavy atom. The van der Waals surface area contributed by atoms with Crippen LogP contribution in [0.1, 0.15) is 150 Å². The second kappa shape index (κ2) is 15.8. The van der Waals surface area contributed by atoms with Gasteiger partial charge in [0.05, 0.1) is 0 Å². The van der Waals surface area contributed by atoms with Gasteiger partial charge in [0.2, 0.25) is 0 Å². The van der Waals surface area contributed by atoms with Gasteiger partial charge in [0.25, 0.3) is 0 Å². The van der Waals surface area contributed by atoms with E-state index in [9.17, 15) is 54.5 Å². The molecule has 8 bridgehead atoms. The summed E-state index contributed by atoms with van der Waals surface area (Å²) in [5.41, 5.74) is 0.402. The minimum Gasteiger partial charge on any atom is -0.507 e. The molecule has 64 heavy (non-hydrogen) atoms. The monoisotopic (exact) mass is 930 g/mol. The first-order valence-corrected chi connectivity index (χ1v) is 21.9. The fraction of sp³-hybridized carbons (Fsp3) is 0.500. The fourth-order valence-electron chi connectivity index (χ4n) is 7.45. The minimum absolute atomic E-state index is 0.0287. The zero-order valence-corrected chi connectivity index (χ0v) is 38.6. The maximum Gasteiger partial charge on any atom is 0.460 e. The van der Waals surface area contributed by atoms with Crippen molar-refractivity contribution in [2.45, 2.75) is 154 Å². The number of benzene rings is 4. The van der Waals surface area contributed by atoms with Crippen molar-refractivity contribution in [1.29, 1.82) is 0 Å². The number of fused-ring (bicyclic) bond motifs is 8. The highest BCUT2D eigenvalue weighted by molar-refractivity contribution is 7.88. The Kier molecular flexibility index (Phi) is 12.4. The van der Waals surface area contributed by atoms with Crippen LogP contribution in [0.3, 0.4) is 0 Å². The Hall–Kier alpha value is -4.60. The van der Waals surface area contributed by atoms with E-state index in [0.29, 0.717) is 27.8 Å². The molecular formula is C48H55F9O6S. The van der Waals surface area contributed by atoms with Crippen LogP contribution in [0.15, 0.2) is 48.5 Å². The van der Waals surface area contributed by atoms with Gasteiger partial charge in [-0.2, -0.15) is 47.9 Å². The van der Waals surface area contributed by atoms with Gasteiger partial charge in [0.1, 0.15) is 23.0 Å². The summed E-state index contributed by atoms with van der Waals surface area (Å²) in [6, 6.07) is 12.6. The second-order valence-corrected chi connectivity index (χ2v) is 22.5. The topological polar surface area (TPSA) is 104 Å². The summed E-state index contributed by atoms with van der Waals surface area (Å²) in [5, 5.41) is 28.9. The van der Waals surface area contributed by atoms with Crippen molar-refractivity contribution in [3.63, 3.8) is 0 Å². The second-order valence-electron chi connectivity index (χ2n) is 21.0. The quantitative estimate of drug-likeness (QED) is 0.120. The Morgan fingerprint density at radius 2 is 0.625 bits per heavy atom. The maximum absolute atomic E-state index is 15.5. The molecule has 3 N–H and O–H groups in total. The lowest BCUT2D eigenvalue weighted by molar-refractivity contribution is -0.382. The van der Waals surface area contributed by atoms with Crippen molar-refractivity contribution in [3.8, 4) is 23.0 Å². The molecule has 4 aromatic rings. The Bertz CT molecular complexity index is 2470. The first-order valence-electron chi connectivity index (χ1n) is 20.5. The van der Waals surface area contributed by atoms with Crippen LogP contribution >= 0.6 is 0 Å². The molecule has 0 saturated heterocycles. The van der Waals surface area contributed by atoms with Crippen LogP contribution in [0, 0.1) is 0 Å². The maximum atomic E-state index is 15.5. The number of phenols is 3. The van der Waals surface area contributed by atoms with Crippen LogP contribution in [0.4, 0.5) is 39.5 Å². The van der Waals surface area contributed by atoms with Crippen molar-refractivity contribution in [2.24, 2.45) is 0 Å². The van der Waals surface area contributed by atoms with Gasteiger partial charge >= 0.3 is 33.4 Å². The van der Waals surface area contributed by atoms with E-state index in [0.717, 1.165) is 5.56 Å². The third kappa shape index (κ3) is 9.26. The zero-order valence-electron chi connectivity index (χ0n) is 37.8. The largest absolute Gasteiger partial charge is 0.507 e. The van der Waals surface area contributed by atoms with Gasteiger partial charge in [-0.25, -0.2) is 0 Å². The van der Waals surface area contributed by atoms with Gasteiger partial charge in [0, 0.05) is 36.8 Å². The average Bonchev–Trinajstić information content (AvgIpc) is 3.11. The van der Waals surface area contributed by atoms with E-state index in [1.165, 1.54) is 24.3 Å². The molecule has 352 valence electrons. The third-order valence-corrected chi connectivity index (χ3v) is 12.9. The van der Waals surface area contributed by atoms with E-state index in [2.05, 4.69) is 0 Å². The molecule has 0 amide bonds. The number of hydrogen-bond acceptors (Lipinski definition) is 6. The van der Waals surface area contributed by atoms with Crippen molar-refractivity contribution in [3.05, 3.63) is 115 Å².